The Morgan fingerprint density at radius 1 is 1.65 bits per heavy atom. The highest BCUT2D eigenvalue weighted by Crippen LogP contribution is 2.22. The Labute approximate surface area is 99.2 Å². The molecule has 1 aromatic rings. The van der Waals surface area contributed by atoms with E-state index in [4.69, 9.17) is 11.0 Å². The summed E-state index contributed by atoms with van der Waals surface area (Å²) in [7, 11) is 0. The largest absolute Gasteiger partial charge is 0.380 e. The first kappa shape index (κ1) is 12.9. The predicted octanol–water partition coefficient (Wildman–Crippen LogP) is 1.62. The van der Waals surface area contributed by atoms with Gasteiger partial charge in [0, 0.05) is 24.7 Å². The summed E-state index contributed by atoms with van der Waals surface area (Å²) in [5.74, 6) is 0. The molecule has 6 nitrogen and oxygen atoms in total. The maximum atomic E-state index is 10.6. The molecule has 0 heterocycles. The molecule has 0 aliphatic carbocycles. The minimum Gasteiger partial charge on any atom is -0.380 e. The average molecular weight is 234 g/mol. The van der Waals surface area contributed by atoms with E-state index < -0.39 is 4.92 Å². The Morgan fingerprint density at radius 2 is 2.35 bits per heavy atom. The maximum absolute atomic E-state index is 10.6. The molecule has 0 amide bonds. The number of hydrogen-bond donors (Lipinski definition) is 2. The van der Waals surface area contributed by atoms with E-state index in [2.05, 4.69) is 5.32 Å². The highest BCUT2D eigenvalue weighted by atomic mass is 16.6. The zero-order valence-electron chi connectivity index (χ0n) is 9.51. The third-order valence-corrected chi connectivity index (χ3v) is 2.47. The van der Waals surface area contributed by atoms with Crippen molar-refractivity contribution in [2.75, 3.05) is 11.9 Å². The van der Waals surface area contributed by atoms with Gasteiger partial charge in [-0.1, -0.05) is 6.92 Å². The van der Waals surface area contributed by atoms with E-state index in [1.165, 1.54) is 18.2 Å². The fourth-order valence-corrected chi connectivity index (χ4v) is 1.41. The SMILES string of the molecule is CCC(CN)Nc1ccc([N+](=O)[O-])cc1C#N. The van der Waals surface area contributed by atoms with Gasteiger partial charge in [0.05, 0.1) is 16.2 Å². The van der Waals surface area contributed by atoms with Crippen LogP contribution in [0.3, 0.4) is 0 Å². The van der Waals surface area contributed by atoms with Gasteiger partial charge in [0.1, 0.15) is 6.07 Å². The molecule has 0 spiro atoms. The Bertz CT molecular complexity index is 449. The van der Waals surface area contributed by atoms with Crippen LogP contribution < -0.4 is 11.1 Å². The fourth-order valence-electron chi connectivity index (χ4n) is 1.41. The van der Waals surface area contributed by atoms with Crippen molar-refractivity contribution in [3.05, 3.63) is 33.9 Å². The Hall–Kier alpha value is -2.13. The quantitative estimate of drug-likeness (QED) is 0.594. The van der Waals surface area contributed by atoms with Crippen LogP contribution in [0.15, 0.2) is 18.2 Å². The number of non-ortho nitro benzene ring substituents is 1. The summed E-state index contributed by atoms with van der Waals surface area (Å²) >= 11 is 0. The van der Waals surface area contributed by atoms with Crippen LogP contribution in [0.4, 0.5) is 11.4 Å². The lowest BCUT2D eigenvalue weighted by molar-refractivity contribution is -0.384. The molecule has 0 aliphatic rings. The Morgan fingerprint density at radius 3 is 2.82 bits per heavy atom. The number of nitriles is 1. The summed E-state index contributed by atoms with van der Waals surface area (Å²) < 4.78 is 0. The van der Waals surface area contributed by atoms with Gasteiger partial charge in [-0.25, -0.2) is 0 Å². The van der Waals surface area contributed by atoms with Crippen molar-refractivity contribution in [1.82, 2.24) is 0 Å². The van der Waals surface area contributed by atoms with Crippen LogP contribution in [0.2, 0.25) is 0 Å². The standard InChI is InChI=1S/C11H14N4O2/c1-2-9(7-13)14-11-4-3-10(15(16)17)5-8(11)6-12/h3-5,9,14H,2,7,13H2,1H3. The van der Waals surface area contributed by atoms with Crippen molar-refractivity contribution in [3.63, 3.8) is 0 Å². The predicted molar refractivity (Wildman–Crippen MR) is 64.6 cm³/mol. The number of nitrogens with zero attached hydrogens (tertiary/aromatic N) is 2. The third kappa shape index (κ3) is 3.16. The molecule has 0 saturated carbocycles. The number of nitro groups is 1. The summed E-state index contributed by atoms with van der Waals surface area (Å²) in [5.41, 5.74) is 6.29. The highest BCUT2D eigenvalue weighted by molar-refractivity contribution is 5.61. The van der Waals surface area contributed by atoms with E-state index in [-0.39, 0.29) is 17.3 Å². The molecule has 3 N–H and O–H groups in total. The zero-order valence-corrected chi connectivity index (χ0v) is 9.51. The molecule has 1 aromatic carbocycles. The minimum absolute atomic E-state index is 0.0588. The number of hydrogen-bond acceptors (Lipinski definition) is 5. The summed E-state index contributed by atoms with van der Waals surface area (Å²) in [6, 6.07) is 6.16. The third-order valence-electron chi connectivity index (χ3n) is 2.47. The molecule has 90 valence electrons. The minimum atomic E-state index is -0.523. The fraction of sp³-hybridized carbons (Fsp3) is 0.364. The summed E-state index contributed by atoms with van der Waals surface area (Å²) in [6.07, 6.45) is 0.818. The number of benzene rings is 1. The second-order valence-corrected chi connectivity index (χ2v) is 3.58. The monoisotopic (exact) mass is 234 g/mol. The smallest absolute Gasteiger partial charge is 0.270 e. The van der Waals surface area contributed by atoms with Gasteiger partial charge in [0.25, 0.3) is 5.69 Å². The summed E-state index contributed by atoms with van der Waals surface area (Å²) in [6.45, 7) is 2.42. The normalized spacial score (nSPS) is 11.6. The van der Waals surface area contributed by atoms with E-state index in [0.717, 1.165) is 6.42 Å². The molecule has 0 radical (unpaired) electrons. The van der Waals surface area contributed by atoms with Gasteiger partial charge in [-0.2, -0.15) is 5.26 Å². The van der Waals surface area contributed by atoms with E-state index in [1.54, 1.807) is 0 Å². The van der Waals surface area contributed by atoms with Gasteiger partial charge < -0.3 is 11.1 Å². The first-order chi connectivity index (χ1) is 8.12. The number of anilines is 1. The molecule has 1 unspecified atom stereocenters. The molecule has 0 aliphatic heterocycles. The van der Waals surface area contributed by atoms with E-state index >= 15 is 0 Å². The lowest BCUT2D eigenvalue weighted by atomic mass is 10.1. The van der Waals surface area contributed by atoms with Crippen LogP contribution in [0.5, 0.6) is 0 Å². The second-order valence-electron chi connectivity index (χ2n) is 3.58. The van der Waals surface area contributed by atoms with Gasteiger partial charge in [-0.05, 0) is 12.5 Å². The van der Waals surface area contributed by atoms with Gasteiger partial charge in [-0.15, -0.1) is 0 Å². The highest BCUT2D eigenvalue weighted by Gasteiger charge is 2.12. The molecule has 1 rings (SSSR count). The molecular weight excluding hydrogens is 220 g/mol. The van der Waals surface area contributed by atoms with Crippen molar-refractivity contribution in [2.45, 2.75) is 19.4 Å². The number of nitro benzene ring substituents is 1. The van der Waals surface area contributed by atoms with E-state index in [9.17, 15) is 10.1 Å². The van der Waals surface area contributed by atoms with Gasteiger partial charge in [-0.3, -0.25) is 10.1 Å². The van der Waals surface area contributed by atoms with Crippen molar-refractivity contribution < 1.29 is 4.92 Å². The molecular formula is C11H14N4O2. The molecule has 0 aromatic heterocycles. The number of rotatable bonds is 5. The lowest BCUT2D eigenvalue weighted by Crippen LogP contribution is -2.28. The maximum Gasteiger partial charge on any atom is 0.270 e. The van der Waals surface area contributed by atoms with Crippen LogP contribution in [-0.2, 0) is 0 Å². The molecule has 6 heteroatoms. The first-order valence-corrected chi connectivity index (χ1v) is 5.27. The zero-order chi connectivity index (χ0) is 12.8. The first-order valence-electron chi connectivity index (χ1n) is 5.27. The molecule has 0 bridgehead atoms. The number of nitrogens with one attached hydrogen (secondary N) is 1. The number of nitrogens with two attached hydrogens (primary N) is 1. The van der Waals surface area contributed by atoms with Crippen LogP contribution in [0, 0.1) is 21.4 Å². The second kappa shape index (κ2) is 5.82. The Kier molecular flexibility index (Phi) is 4.43. The van der Waals surface area contributed by atoms with Crippen molar-refractivity contribution in [3.8, 4) is 6.07 Å². The van der Waals surface area contributed by atoms with Gasteiger partial charge in [0.15, 0.2) is 0 Å². The molecule has 17 heavy (non-hydrogen) atoms. The summed E-state index contributed by atoms with van der Waals surface area (Å²) in [5, 5.41) is 22.6. The van der Waals surface area contributed by atoms with Crippen LogP contribution in [-0.4, -0.2) is 17.5 Å². The summed E-state index contributed by atoms with van der Waals surface area (Å²) in [4.78, 5) is 10.0. The van der Waals surface area contributed by atoms with Crippen LogP contribution in [0.25, 0.3) is 0 Å². The molecule has 0 saturated heterocycles. The van der Waals surface area contributed by atoms with E-state index in [1.807, 2.05) is 13.0 Å². The van der Waals surface area contributed by atoms with E-state index in [0.29, 0.717) is 12.2 Å². The topological polar surface area (TPSA) is 105 Å². The Balaban J connectivity index is 3.01. The average Bonchev–Trinajstić information content (AvgIpc) is 2.35. The van der Waals surface area contributed by atoms with Crippen molar-refractivity contribution in [1.29, 1.82) is 5.26 Å². The molecule has 1 atom stereocenters. The van der Waals surface area contributed by atoms with Crippen molar-refractivity contribution in [2.24, 2.45) is 5.73 Å². The van der Waals surface area contributed by atoms with Crippen LogP contribution in [0.1, 0.15) is 18.9 Å². The molecule has 0 fully saturated rings. The van der Waals surface area contributed by atoms with Crippen LogP contribution >= 0.6 is 0 Å². The van der Waals surface area contributed by atoms with Gasteiger partial charge >= 0.3 is 0 Å². The lowest BCUT2D eigenvalue weighted by Gasteiger charge is -2.16. The van der Waals surface area contributed by atoms with Gasteiger partial charge in [0.2, 0.25) is 0 Å². The van der Waals surface area contributed by atoms with Crippen molar-refractivity contribution >= 4 is 11.4 Å².